The van der Waals surface area contributed by atoms with Crippen molar-refractivity contribution in [3.8, 4) is 11.8 Å². The topological polar surface area (TPSA) is 45.0 Å². The summed E-state index contributed by atoms with van der Waals surface area (Å²) in [5.41, 5.74) is 1.08. The molecule has 0 aliphatic carbocycles. The Morgan fingerprint density at radius 1 is 1.56 bits per heavy atom. The standard InChI is InChI=1S/C12H15BrN2O/c1-15-11(4-3-7-14)10-8-9(13)5-6-12(10)16-2/h5-6,8,11,15H,3-4H2,1-2H3. The van der Waals surface area contributed by atoms with Crippen LogP contribution in [0.1, 0.15) is 24.4 Å². The van der Waals surface area contributed by atoms with E-state index in [0.29, 0.717) is 6.42 Å². The number of halogens is 1. The fraction of sp³-hybridized carbons (Fsp3) is 0.417. The average molecular weight is 283 g/mol. The van der Waals surface area contributed by atoms with Crippen LogP contribution in [0.15, 0.2) is 22.7 Å². The molecule has 3 nitrogen and oxygen atoms in total. The zero-order valence-electron chi connectivity index (χ0n) is 9.46. The number of ether oxygens (including phenoxy) is 1. The van der Waals surface area contributed by atoms with E-state index in [2.05, 4.69) is 27.3 Å². The van der Waals surface area contributed by atoms with Gasteiger partial charge in [0.1, 0.15) is 5.75 Å². The Labute approximate surface area is 105 Å². The molecule has 0 aliphatic rings. The van der Waals surface area contributed by atoms with Gasteiger partial charge in [-0.05, 0) is 31.7 Å². The van der Waals surface area contributed by atoms with Crippen LogP contribution in [0.4, 0.5) is 0 Å². The zero-order chi connectivity index (χ0) is 12.0. The molecule has 1 aromatic rings. The molecule has 1 rings (SSSR count). The van der Waals surface area contributed by atoms with Crippen molar-refractivity contribution in [1.29, 1.82) is 5.26 Å². The van der Waals surface area contributed by atoms with Crippen molar-refractivity contribution >= 4 is 15.9 Å². The van der Waals surface area contributed by atoms with Gasteiger partial charge in [-0.1, -0.05) is 15.9 Å². The molecular formula is C12H15BrN2O. The number of hydrogen-bond acceptors (Lipinski definition) is 3. The summed E-state index contributed by atoms with van der Waals surface area (Å²) in [6.07, 6.45) is 1.31. The van der Waals surface area contributed by atoms with E-state index in [9.17, 15) is 0 Å². The van der Waals surface area contributed by atoms with Crippen LogP contribution in [0.3, 0.4) is 0 Å². The summed E-state index contributed by atoms with van der Waals surface area (Å²) in [4.78, 5) is 0. The number of nitriles is 1. The molecule has 0 spiro atoms. The molecule has 0 aromatic heterocycles. The van der Waals surface area contributed by atoms with E-state index in [1.165, 1.54) is 0 Å². The smallest absolute Gasteiger partial charge is 0.123 e. The van der Waals surface area contributed by atoms with Crippen LogP contribution in [0.5, 0.6) is 5.75 Å². The molecule has 1 unspecified atom stereocenters. The first-order valence-corrected chi connectivity index (χ1v) is 5.90. The van der Waals surface area contributed by atoms with Gasteiger partial charge >= 0.3 is 0 Å². The highest BCUT2D eigenvalue weighted by Crippen LogP contribution is 2.30. The molecule has 0 radical (unpaired) electrons. The van der Waals surface area contributed by atoms with Gasteiger partial charge in [0.05, 0.1) is 13.2 Å². The SMILES string of the molecule is CNC(CCC#N)c1cc(Br)ccc1OC. The highest BCUT2D eigenvalue weighted by atomic mass is 79.9. The number of nitrogens with one attached hydrogen (secondary N) is 1. The third kappa shape index (κ3) is 3.22. The molecule has 0 saturated carbocycles. The molecule has 0 heterocycles. The Kier molecular flexibility index (Phi) is 5.30. The second-order valence-corrected chi connectivity index (χ2v) is 4.34. The second kappa shape index (κ2) is 6.51. The van der Waals surface area contributed by atoms with Gasteiger partial charge in [-0.25, -0.2) is 0 Å². The van der Waals surface area contributed by atoms with Gasteiger partial charge in [0, 0.05) is 22.5 Å². The fourth-order valence-electron chi connectivity index (χ4n) is 1.64. The minimum absolute atomic E-state index is 0.145. The number of nitrogens with zero attached hydrogens (tertiary/aromatic N) is 1. The number of rotatable bonds is 5. The molecular weight excluding hydrogens is 268 g/mol. The predicted octanol–water partition coefficient (Wildman–Crippen LogP) is 3.02. The third-order valence-corrected chi connectivity index (χ3v) is 2.95. The minimum Gasteiger partial charge on any atom is -0.496 e. The third-order valence-electron chi connectivity index (χ3n) is 2.46. The van der Waals surface area contributed by atoms with Gasteiger partial charge in [-0.3, -0.25) is 0 Å². The van der Waals surface area contributed by atoms with Crippen LogP contribution in [0.25, 0.3) is 0 Å². The molecule has 0 bridgehead atoms. The summed E-state index contributed by atoms with van der Waals surface area (Å²) in [6, 6.07) is 8.20. The largest absolute Gasteiger partial charge is 0.496 e. The normalized spacial score (nSPS) is 11.9. The molecule has 1 atom stereocenters. The predicted molar refractivity (Wildman–Crippen MR) is 67.3 cm³/mol. The first-order valence-electron chi connectivity index (χ1n) is 5.10. The van der Waals surface area contributed by atoms with E-state index in [0.717, 1.165) is 22.2 Å². The van der Waals surface area contributed by atoms with Crippen molar-refractivity contribution in [2.45, 2.75) is 18.9 Å². The van der Waals surface area contributed by atoms with E-state index in [1.807, 2.05) is 25.2 Å². The Bertz CT molecular complexity index is 387. The van der Waals surface area contributed by atoms with Crippen molar-refractivity contribution in [3.63, 3.8) is 0 Å². The van der Waals surface area contributed by atoms with E-state index in [1.54, 1.807) is 7.11 Å². The first-order chi connectivity index (χ1) is 7.72. The maximum Gasteiger partial charge on any atom is 0.123 e. The van der Waals surface area contributed by atoms with Crippen LogP contribution >= 0.6 is 15.9 Å². The lowest BCUT2D eigenvalue weighted by Crippen LogP contribution is -2.17. The lowest BCUT2D eigenvalue weighted by Gasteiger charge is -2.18. The van der Waals surface area contributed by atoms with E-state index >= 15 is 0 Å². The summed E-state index contributed by atoms with van der Waals surface area (Å²) < 4.78 is 6.33. The molecule has 0 fully saturated rings. The molecule has 0 amide bonds. The summed E-state index contributed by atoms with van der Waals surface area (Å²) in [7, 11) is 3.55. The maximum absolute atomic E-state index is 8.62. The lowest BCUT2D eigenvalue weighted by molar-refractivity contribution is 0.399. The molecule has 16 heavy (non-hydrogen) atoms. The Hall–Kier alpha value is -1.05. The molecule has 1 N–H and O–H groups in total. The number of benzene rings is 1. The van der Waals surface area contributed by atoms with Crippen LogP contribution in [0.2, 0.25) is 0 Å². The van der Waals surface area contributed by atoms with Crippen LogP contribution in [-0.4, -0.2) is 14.2 Å². The first kappa shape index (κ1) is 13.0. The Balaban J connectivity index is 2.98. The van der Waals surface area contributed by atoms with Gasteiger partial charge in [0.25, 0.3) is 0 Å². The van der Waals surface area contributed by atoms with Crippen LogP contribution in [-0.2, 0) is 0 Å². The Morgan fingerprint density at radius 2 is 2.31 bits per heavy atom. The quantitative estimate of drug-likeness (QED) is 0.903. The van der Waals surface area contributed by atoms with Crippen molar-refractivity contribution in [2.75, 3.05) is 14.2 Å². The molecule has 1 aromatic carbocycles. The van der Waals surface area contributed by atoms with Gasteiger partial charge < -0.3 is 10.1 Å². The lowest BCUT2D eigenvalue weighted by atomic mass is 10.0. The van der Waals surface area contributed by atoms with Crippen LogP contribution in [0, 0.1) is 11.3 Å². The van der Waals surface area contributed by atoms with E-state index in [-0.39, 0.29) is 6.04 Å². The summed E-state index contributed by atoms with van der Waals surface area (Å²) >= 11 is 3.44. The van der Waals surface area contributed by atoms with Crippen molar-refractivity contribution in [3.05, 3.63) is 28.2 Å². The molecule has 0 aliphatic heterocycles. The van der Waals surface area contributed by atoms with E-state index in [4.69, 9.17) is 10.00 Å². The summed E-state index contributed by atoms with van der Waals surface area (Å²) in [5, 5.41) is 11.8. The monoisotopic (exact) mass is 282 g/mol. The van der Waals surface area contributed by atoms with E-state index < -0.39 is 0 Å². The average Bonchev–Trinajstić information content (AvgIpc) is 2.30. The highest BCUT2D eigenvalue weighted by Gasteiger charge is 2.14. The van der Waals surface area contributed by atoms with Gasteiger partial charge in [-0.2, -0.15) is 5.26 Å². The summed E-state index contributed by atoms with van der Waals surface area (Å²) in [6.45, 7) is 0. The highest BCUT2D eigenvalue weighted by molar-refractivity contribution is 9.10. The Morgan fingerprint density at radius 3 is 2.88 bits per heavy atom. The molecule has 0 saturated heterocycles. The van der Waals surface area contributed by atoms with Crippen molar-refractivity contribution in [1.82, 2.24) is 5.32 Å². The van der Waals surface area contributed by atoms with Gasteiger partial charge in [0.15, 0.2) is 0 Å². The maximum atomic E-state index is 8.62. The zero-order valence-corrected chi connectivity index (χ0v) is 11.0. The van der Waals surface area contributed by atoms with Crippen molar-refractivity contribution in [2.24, 2.45) is 0 Å². The minimum atomic E-state index is 0.145. The fourth-order valence-corrected chi connectivity index (χ4v) is 2.02. The van der Waals surface area contributed by atoms with Gasteiger partial charge in [-0.15, -0.1) is 0 Å². The van der Waals surface area contributed by atoms with Gasteiger partial charge in [0.2, 0.25) is 0 Å². The summed E-state index contributed by atoms with van der Waals surface area (Å²) in [5.74, 6) is 0.848. The molecule has 4 heteroatoms. The number of methoxy groups -OCH3 is 1. The molecule has 86 valence electrons. The second-order valence-electron chi connectivity index (χ2n) is 3.42. The van der Waals surface area contributed by atoms with Crippen molar-refractivity contribution < 1.29 is 4.74 Å². The number of hydrogen-bond donors (Lipinski definition) is 1. The van der Waals surface area contributed by atoms with Crippen LogP contribution < -0.4 is 10.1 Å².